The monoisotopic (exact) mass is 390 g/mol. The second-order valence-electron chi connectivity index (χ2n) is 7.31. The van der Waals surface area contributed by atoms with Crippen LogP contribution >= 0.6 is 0 Å². The summed E-state index contributed by atoms with van der Waals surface area (Å²) >= 11 is 0. The molecule has 146 valence electrons. The summed E-state index contributed by atoms with van der Waals surface area (Å²) in [7, 11) is 3.43. The van der Waals surface area contributed by atoms with Crippen LogP contribution in [0.4, 0.5) is 0 Å². The van der Waals surface area contributed by atoms with Gasteiger partial charge in [0, 0.05) is 0 Å². The molecule has 0 saturated heterocycles. The molecule has 0 fully saturated rings. The number of hydrogen-bond acceptors (Lipinski definition) is 2. The van der Waals surface area contributed by atoms with Crippen molar-refractivity contribution in [2.45, 2.75) is 0 Å². The summed E-state index contributed by atoms with van der Waals surface area (Å²) in [6.45, 7) is 0. The van der Waals surface area contributed by atoms with Gasteiger partial charge in [0.15, 0.2) is 0 Å². The van der Waals surface area contributed by atoms with E-state index in [1.807, 2.05) is 12.1 Å². The largest absolute Gasteiger partial charge is 0.497 e. The molecule has 0 aromatic heterocycles. The zero-order valence-corrected chi connectivity index (χ0v) is 17.1. The third-order valence-corrected chi connectivity index (χ3v) is 5.66. The Kier molecular flexibility index (Phi) is 4.61. The first kappa shape index (κ1) is 18.3. The lowest BCUT2D eigenvalue weighted by molar-refractivity contribution is 0.415. The molecule has 5 rings (SSSR count). The summed E-state index contributed by atoms with van der Waals surface area (Å²) in [5.74, 6) is 1.71. The maximum atomic E-state index is 5.59. The van der Waals surface area contributed by atoms with E-state index in [1.54, 1.807) is 14.2 Å². The van der Waals surface area contributed by atoms with Crippen molar-refractivity contribution in [3.05, 3.63) is 97.1 Å². The van der Waals surface area contributed by atoms with Crippen LogP contribution in [0, 0.1) is 0 Å². The molecule has 2 heteroatoms. The van der Waals surface area contributed by atoms with E-state index >= 15 is 0 Å². The van der Waals surface area contributed by atoms with Crippen molar-refractivity contribution in [3.63, 3.8) is 0 Å². The highest BCUT2D eigenvalue weighted by Gasteiger charge is 2.17. The number of hydrogen-bond donors (Lipinski definition) is 0. The van der Waals surface area contributed by atoms with Gasteiger partial charge < -0.3 is 9.47 Å². The predicted octanol–water partition coefficient (Wildman–Crippen LogP) is 7.34. The van der Waals surface area contributed by atoms with E-state index in [1.165, 1.54) is 43.8 Å². The van der Waals surface area contributed by atoms with Gasteiger partial charge in [0.05, 0.1) is 14.2 Å². The first-order valence-corrected chi connectivity index (χ1v) is 10.0. The Balaban J connectivity index is 2.02. The van der Waals surface area contributed by atoms with E-state index in [-0.39, 0.29) is 0 Å². The second-order valence-corrected chi connectivity index (χ2v) is 7.31. The average Bonchev–Trinajstić information content (AvgIpc) is 2.82. The third kappa shape index (κ3) is 2.98. The van der Waals surface area contributed by atoms with E-state index < -0.39 is 0 Å². The molecule has 0 aliphatic heterocycles. The maximum absolute atomic E-state index is 5.59. The Morgan fingerprint density at radius 2 is 0.833 bits per heavy atom. The minimum absolute atomic E-state index is 0.853. The molecule has 0 heterocycles. The summed E-state index contributed by atoms with van der Waals surface area (Å²) in [6.07, 6.45) is 0. The van der Waals surface area contributed by atoms with Gasteiger partial charge in [0.1, 0.15) is 11.5 Å². The van der Waals surface area contributed by atoms with Crippen molar-refractivity contribution in [1.29, 1.82) is 0 Å². The summed E-state index contributed by atoms with van der Waals surface area (Å²) in [5.41, 5.74) is 4.79. The first-order valence-electron chi connectivity index (χ1n) is 10.0. The van der Waals surface area contributed by atoms with Crippen molar-refractivity contribution in [2.75, 3.05) is 14.2 Å². The van der Waals surface area contributed by atoms with Crippen molar-refractivity contribution < 1.29 is 9.47 Å². The molecular weight excluding hydrogens is 368 g/mol. The van der Waals surface area contributed by atoms with Gasteiger partial charge in [-0.2, -0.15) is 0 Å². The molecule has 0 amide bonds. The Labute approximate surface area is 176 Å². The predicted molar refractivity (Wildman–Crippen MR) is 125 cm³/mol. The molecule has 0 aliphatic carbocycles. The molecule has 0 saturated carbocycles. The van der Waals surface area contributed by atoms with Crippen LogP contribution in [0.5, 0.6) is 11.5 Å². The summed E-state index contributed by atoms with van der Waals surface area (Å²) in [4.78, 5) is 0. The topological polar surface area (TPSA) is 18.5 Å². The molecule has 0 bridgehead atoms. The lowest BCUT2D eigenvalue weighted by Gasteiger charge is -2.19. The van der Waals surface area contributed by atoms with E-state index in [4.69, 9.17) is 9.47 Å². The molecule has 0 spiro atoms. The quantitative estimate of drug-likeness (QED) is 0.299. The molecule has 2 nitrogen and oxygen atoms in total. The van der Waals surface area contributed by atoms with Gasteiger partial charge >= 0.3 is 0 Å². The minimum Gasteiger partial charge on any atom is -0.497 e. The highest BCUT2D eigenvalue weighted by Crippen LogP contribution is 2.45. The zero-order chi connectivity index (χ0) is 20.5. The van der Waals surface area contributed by atoms with Crippen LogP contribution in [0.15, 0.2) is 97.1 Å². The maximum Gasteiger partial charge on any atom is 0.119 e. The van der Waals surface area contributed by atoms with Crippen LogP contribution in [0.1, 0.15) is 0 Å². The normalized spacial score (nSPS) is 11.0. The molecule has 0 unspecified atom stereocenters. The van der Waals surface area contributed by atoms with Crippen LogP contribution in [-0.4, -0.2) is 14.2 Å². The van der Waals surface area contributed by atoms with E-state index in [0.29, 0.717) is 0 Å². The smallest absolute Gasteiger partial charge is 0.119 e. The van der Waals surface area contributed by atoms with Crippen molar-refractivity contribution in [2.24, 2.45) is 0 Å². The highest BCUT2D eigenvalue weighted by molar-refractivity contribution is 6.21. The number of ether oxygens (including phenoxy) is 2. The van der Waals surface area contributed by atoms with Gasteiger partial charge in [-0.1, -0.05) is 72.8 Å². The number of methoxy groups -OCH3 is 2. The van der Waals surface area contributed by atoms with Gasteiger partial charge in [-0.15, -0.1) is 0 Å². The third-order valence-electron chi connectivity index (χ3n) is 5.66. The summed E-state index contributed by atoms with van der Waals surface area (Å²) < 4.78 is 11.2. The van der Waals surface area contributed by atoms with E-state index in [2.05, 4.69) is 84.9 Å². The first-order chi connectivity index (χ1) is 14.8. The number of benzene rings is 5. The van der Waals surface area contributed by atoms with E-state index in [9.17, 15) is 0 Å². The van der Waals surface area contributed by atoms with Crippen LogP contribution < -0.4 is 9.47 Å². The summed E-state index contributed by atoms with van der Waals surface area (Å²) in [5, 5.41) is 4.75. The standard InChI is InChI=1S/C28H22O2/c1-29-21-13-15-23-25(17-21)27(19-9-5-3-6-10-19)24-16-14-22(30-2)18-26(24)28(23)20-11-7-4-8-12-20/h3-18H,1-2H3. The Hall–Kier alpha value is -3.78. The van der Waals surface area contributed by atoms with Crippen LogP contribution in [0.25, 0.3) is 43.8 Å². The van der Waals surface area contributed by atoms with Gasteiger partial charge in [0.2, 0.25) is 0 Å². The van der Waals surface area contributed by atoms with Gasteiger partial charge in [-0.05, 0) is 68.1 Å². The molecule has 5 aromatic rings. The highest BCUT2D eigenvalue weighted by atomic mass is 16.5. The second kappa shape index (κ2) is 7.57. The Bertz CT molecular complexity index is 1230. The minimum atomic E-state index is 0.853. The average molecular weight is 390 g/mol. The molecule has 0 N–H and O–H groups in total. The SMILES string of the molecule is COc1ccc2c(-c3ccccc3)c3cc(OC)ccc3c(-c3ccccc3)c2c1. The van der Waals surface area contributed by atoms with Crippen molar-refractivity contribution in [1.82, 2.24) is 0 Å². The fraction of sp³-hybridized carbons (Fsp3) is 0.0714. The lowest BCUT2D eigenvalue weighted by Crippen LogP contribution is -1.93. The molecule has 5 aromatic carbocycles. The van der Waals surface area contributed by atoms with Crippen LogP contribution in [0.3, 0.4) is 0 Å². The molecule has 0 radical (unpaired) electrons. The number of fused-ring (bicyclic) bond motifs is 2. The van der Waals surface area contributed by atoms with Gasteiger partial charge in [0.25, 0.3) is 0 Å². The van der Waals surface area contributed by atoms with Gasteiger partial charge in [-0.25, -0.2) is 0 Å². The Morgan fingerprint density at radius 1 is 0.433 bits per heavy atom. The molecular formula is C28H22O2. The molecule has 0 aliphatic rings. The van der Waals surface area contributed by atoms with Crippen LogP contribution in [0.2, 0.25) is 0 Å². The van der Waals surface area contributed by atoms with E-state index in [0.717, 1.165) is 11.5 Å². The molecule has 0 atom stereocenters. The summed E-state index contributed by atoms with van der Waals surface area (Å²) in [6, 6.07) is 33.8. The van der Waals surface area contributed by atoms with Crippen molar-refractivity contribution in [3.8, 4) is 33.8 Å². The Morgan fingerprint density at radius 3 is 1.20 bits per heavy atom. The van der Waals surface area contributed by atoms with Crippen molar-refractivity contribution >= 4 is 21.5 Å². The lowest BCUT2D eigenvalue weighted by atomic mass is 9.86. The fourth-order valence-corrected chi connectivity index (χ4v) is 4.27. The molecule has 30 heavy (non-hydrogen) atoms. The van der Waals surface area contributed by atoms with Gasteiger partial charge in [-0.3, -0.25) is 0 Å². The zero-order valence-electron chi connectivity index (χ0n) is 17.1. The number of rotatable bonds is 4. The fourth-order valence-electron chi connectivity index (χ4n) is 4.27. The van der Waals surface area contributed by atoms with Crippen LogP contribution in [-0.2, 0) is 0 Å².